The van der Waals surface area contributed by atoms with Crippen LogP contribution < -0.4 is 0 Å². The molecule has 0 saturated carbocycles. The molecule has 1 aromatic rings. The Morgan fingerprint density at radius 3 is 2.73 bits per heavy atom. The second kappa shape index (κ2) is 8.30. The molecular formula is C18H28N2O2. The summed E-state index contributed by atoms with van der Waals surface area (Å²) in [5.74, 6) is -0.162. The van der Waals surface area contributed by atoms with E-state index in [1.54, 1.807) is 0 Å². The number of rotatable bonds is 7. The Bertz CT molecular complexity index is 461. The van der Waals surface area contributed by atoms with Crippen LogP contribution in [0.3, 0.4) is 0 Å². The second-order valence-corrected chi connectivity index (χ2v) is 6.65. The molecule has 2 rings (SSSR count). The topological polar surface area (TPSA) is 43.8 Å². The van der Waals surface area contributed by atoms with Gasteiger partial charge in [0, 0.05) is 25.7 Å². The van der Waals surface area contributed by atoms with Gasteiger partial charge in [-0.2, -0.15) is 0 Å². The first kappa shape index (κ1) is 17.0. The highest BCUT2D eigenvalue weighted by molar-refractivity contribution is 5.69. The van der Waals surface area contributed by atoms with Crippen molar-refractivity contribution in [2.75, 3.05) is 26.2 Å². The average molecular weight is 304 g/mol. The van der Waals surface area contributed by atoms with E-state index in [4.69, 9.17) is 5.11 Å². The summed E-state index contributed by atoms with van der Waals surface area (Å²) in [5.41, 5.74) is 1.36. The Morgan fingerprint density at radius 2 is 2.09 bits per heavy atom. The molecule has 1 N–H and O–H groups in total. The molecule has 1 saturated heterocycles. The molecule has 1 unspecified atom stereocenters. The SMILES string of the molecule is CC(C)N(CC(=O)O)CC1CCCN(Cc2ccccc2)C1. The molecule has 0 aromatic heterocycles. The monoisotopic (exact) mass is 304 g/mol. The summed E-state index contributed by atoms with van der Waals surface area (Å²) >= 11 is 0. The standard InChI is InChI=1S/C18H28N2O2/c1-15(2)20(14-18(21)22)13-17-9-6-10-19(12-17)11-16-7-4-3-5-8-16/h3-5,7-8,15,17H,6,9-14H2,1-2H3,(H,21,22). The van der Waals surface area contributed by atoms with Crippen LogP contribution >= 0.6 is 0 Å². The molecular weight excluding hydrogens is 276 g/mol. The van der Waals surface area contributed by atoms with Crippen molar-refractivity contribution in [3.05, 3.63) is 35.9 Å². The Hall–Kier alpha value is -1.39. The predicted molar refractivity (Wildman–Crippen MR) is 88.8 cm³/mol. The fourth-order valence-electron chi connectivity index (χ4n) is 3.25. The normalized spacial score (nSPS) is 19.7. The number of piperidine rings is 1. The summed E-state index contributed by atoms with van der Waals surface area (Å²) in [6.07, 6.45) is 2.41. The van der Waals surface area contributed by atoms with Crippen LogP contribution in [0, 0.1) is 5.92 Å². The van der Waals surface area contributed by atoms with E-state index in [1.165, 1.54) is 18.4 Å². The van der Waals surface area contributed by atoms with Crippen LogP contribution in [0.15, 0.2) is 30.3 Å². The minimum atomic E-state index is -0.731. The van der Waals surface area contributed by atoms with Gasteiger partial charge < -0.3 is 5.11 Å². The molecule has 1 aliphatic rings. The lowest BCUT2D eigenvalue weighted by Gasteiger charge is -2.36. The molecule has 1 aromatic carbocycles. The summed E-state index contributed by atoms with van der Waals surface area (Å²) in [6, 6.07) is 10.9. The molecule has 0 bridgehead atoms. The summed E-state index contributed by atoms with van der Waals surface area (Å²) in [7, 11) is 0. The summed E-state index contributed by atoms with van der Waals surface area (Å²) in [6.45, 7) is 8.39. The van der Waals surface area contributed by atoms with Gasteiger partial charge in [-0.15, -0.1) is 0 Å². The third-order valence-corrected chi connectivity index (χ3v) is 4.41. The highest BCUT2D eigenvalue weighted by atomic mass is 16.4. The second-order valence-electron chi connectivity index (χ2n) is 6.65. The molecule has 4 nitrogen and oxygen atoms in total. The van der Waals surface area contributed by atoms with Crippen molar-refractivity contribution in [1.82, 2.24) is 9.80 Å². The number of carboxylic acids is 1. The van der Waals surface area contributed by atoms with Crippen molar-refractivity contribution in [2.24, 2.45) is 5.92 Å². The zero-order chi connectivity index (χ0) is 15.9. The zero-order valence-corrected chi connectivity index (χ0v) is 13.7. The van der Waals surface area contributed by atoms with Crippen LogP contribution in [0.5, 0.6) is 0 Å². The van der Waals surface area contributed by atoms with Crippen molar-refractivity contribution in [3.63, 3.8) is 0 Å². The third kappa shape index (κ3) is 5.43. The van der Waals surface area contributed by atoms with Gasteiger partial charge in [-0.05, 0) is 44.7 Å². The van der Waals surface area contributed by atoms with Crippen LogP contribution in [-0.2, 0) is 11.3 Å². The molecule has 1 atom stereocenters. The van der Waals surface area contributed by atoms with Gasteiger partial charge in [-0.25, -0.2) is 0 Å². The van der Waals surface area contributed by atoms with Gasteiger partial charge in [0.1, 0.15) is 0 Å². The predicted octanol–water partition coefficient (Wildman–Crippen LogP) is 2.69. The average Bonchev–Trinajstić information content (AvgIpc) is 2.47. The first-order valence-corrected chi connectivity index (χ1v) is 8.26. The zero-order valence-electron chi connectivity index (χ0n) is 13.7. The highest BCUT2D eigenvalue weighted by Gasteiger charge is 2.24. The molecule has 22 heavy (non-hydrogen) atoms. The first-order chi connectivity index (χ1) is 10.5. The lowest BCUT2D eigenvalue weighted by atomic mass is 9.96. The minimum absolute atomic E-state index is 0.146. The molecule has 122 valence electrons. The van der Waals surface area contributed by atoms with E-state index in [9.17, 15) is 4.79 Å². The number of nitrogens with zero attached hydrogens (tertiary/aromatic N) is 2. The Labute approximate surface area is 133 Å². The van der Waals surface area contributed by atoms with Gasteiger partial charge in [-0.3, -0.25) is 14.6 Å². The van der Waals surface area contributed by atoms with Crippen LogP contribution in [0.25, 0.3) is 0 Å². The Kier molecular flexibility index (Phi) is 6.40. The van der Waals surface area contributed by atoms with Crippen molar-refractivity contribution < 1.29 is 9.90 Å². The Balaban J connectivity index is 1.88. The van der Waals surface area contributed by atoms with E-state index in [-0.39, 0.29) is 12.6 Å². The number of carboxylic acid groups (broad SMARTS) is 1. The van der Waals surface area contributed by atoms with Crippen molar-refractivity contribution in [2.45, 2.75) is 39.3 Å². The van der Waals surface area contributed by atoms with E-state index >= 15 is 0 Å². The largest absolute Gasteiger partial charge is 0.480 e. The van der Waals surface area contributed by atoms with Crippen molar-refractivity contribution >= 4 is 5.97 Å². The maximum Gasteiger partial charge on any atom is 0.317 e. The number of benzene rings is 1. The lowest BCUT2D eigenvalue weighted by Crippen LogP contribution is -2.44. The van der Waals surface area contributed by atoms with Gasteiger partial charge >= 0.3 is 5.97 Å². The van der Waals surface area contributed by atoms with E-state index < -0.39 is 5.97 Å². The van der Waals surface area contributed by atoms with E-state index in [0.717, 1.165) is 26.2 Å². The van der Waals surface area contributed by atoms with Crippen LogP contribution in [-0.4, -0.2) is 53.1 Å². The van der Waals surface area contributed by atoms with Gasteiger partial charge in [0.2, 0.25) is 0 Å². The summed E-state index contributed by atoms with van der Waals surface area (Å²) < 4.78 is 0. The van der Waals surface area contributed by atoms with Crippen LogP contribution in [0.4, 0.5) is 0 Å². The highest BCUT2D eigenvalue weighted by Crippen LogP contribution is 2.20. The smallest absolute Gasteiger partial charge is 0.317 e. The fourth-order valence-corrected chi connectivity index (χ4v) is 3.25. The maximum absolute atomic E-state index is 11.0. The Morgan fingerprint density at radius 1 is 1.36 bits per heavy atom. The van der Waals surface area contributed by atoms with E-state index in [2.05, 4.69) is 54.0 Å². The summed E-state index contributed by atoms with van der Waals surface area (Å²) in [5, 5.41) is 9.06. The molecule has 1 fully saturated rings. The quantitative estimate of drug-likeness (QED) is 0.841. The number of hydrogen-bond acceptors (Lipinski definition) is 3. The van der Waals surface area contributed by atoms with E-state index in [0.29, 0.717) is 5.92 Å². The van der Waals surface area contributed by atoms with Gasteiger partial charge in [-0.1, -0.05) is 30.3 Å². The molecule has 0 radical (unpaired) electrons. The first-order valence-electron chi connectivity index (χ1n) is 8.26. The molecule has 4 heteroatoms. The van der Waals surface area contributed by atoms with Crippen molar-refractivity contribution in [3.8, 4) is 0 Å². The molecule has 0 spiro atoms. The molecule has 1 aliphatic heterocycles. The summed E-state index contributed by atoms with van der Waals surface area (Å²) in [4.78, 5) is 15.6. The lowest BCUT2D eigenvalue weighted by molar-refractivity contribution is -0.139. The number of aliphatic carboxylic acids is 1. The minimum Gasteiger partial charge on any atom is -0.480 e. The number of hydrogen-bond donors (Lipinski definition) is 1. The fraction of sp³-hybridized carbons (Fsp3) is 0.611. The number of carbonyl (C=O) groups is 1. The van der Waals surface area contributed by atoms with Gasteiger partial charge in [0.25, 0.3) is 0 Å². The van der Waals surface area contributed by atoms with E-state index in [1.807, 2.05) is 0 Å². The third-order valence-electron chi connectivity index (χ3n) is 4.41. The molecule has 0 amide bonds. The maximum atomic E-state index is 11.0. The number of likely N-dealkylation sites (tertiary alicyclic amines) is 1. The van der Waals surface area contributed by atoms with Gasteiger partial charge in [0.15, 0.2) is 0 Å². The van der Waals surface area contributed by atoms with Crippen LogP contribution in [0.1, 0.15) is 32.3 Å². The molecule has 1 heterocycles. The van der Waals surface area contributed by atoms with Gasteiger partial charge in [0.05, 0.1) is 6.54 Å². The van der Waals surface area contributed by atoms with Crippen LogP contribution in [0.2, 0.25) is 0 Å². The van der Waals surface area contributed by atoms with Crippen molar-refractivity contribution in [1.29, 1.82) is 0 Å². The molecule has 0 aliphatic carbocycles.